The predicted octanol–water partition coefficient (Wildman–Crippen LogP) is 1.56. The van der Waals surface area contributed by atoms with Gasteiger partial charge in [-0.1, -0.05) is 6.92 Å². The highest BCUT2D eigenvalue weighted by molar-refractivity contribution is 5.08. The fourth-order valence-corrected chi connectivity index (χ4v) is 2.69. The van der Waals surface area contributed by atoms with Gasteiger partial charge in [-0.25, -0.2) is 0 Å². The second kappa shape index (κ2) is 3.56. The summed E-state index contributed by atoms with van der Waals surface area (Å²) in [5.74, 6) is 2.59. The molecule has 80 valence electrons. The number of hydrogen-bond acceptors (Lipinski definition) is 2. The molecule has 0 unspecified atom stereocenters. The van der Waals surface area contributed by atoms with Crippen LogP contribution in [0.1, 0.15) is 40.0 Å². The molecule has 3 atom stereocenters. The third-order valence-electron chi connectivity index (χ3n) is 3.58. The first-order chi connectivity index (χ1) is 6.32. The smallest absolute Gasteiger partial charge is 0.0836 e. The van der Waals surface area contributed by atoms with Crippen molar-refractivity contribution >= 4 is 0 Å². The van der Waals surface area contributed by atoms with Crippen LogP contribution in [-0.2, 0) is 0 Å². The summed E-state index contributed by atoms with van der Waals surface area (Å²) in [6.07, 6.45) is 7.39. The molecule has 1 aliphatic rings. The van der Waals surface area contributed by atoms with Crippen molar-refractivity contribution in [3.63, 3.8) is 0 Å². The van der Waals surface area contributed by atoms with Crippen LogP contribution in [0.2, 0.25) is 0 Å². The van der Waals surface area contributed by atoms with Crippen LogP contribution in [0, 0.1) is 24.2 Å². The molecule has 2 N–H and O–H groups in total. The van der Waals surface area contributed by atoms with Gasteiger partial charge in [-0.3, -0.25) is 0 Å². The predicted molar refractivity (Wildman–Crippen MR) is 56.6 cm³/mol. The minimum absolute atomic E-state index is 0.110. The van der Waals surface area contributed by atoms with Crippen molar-refractivity contribution in [2.75, 3.05) is 0 Å². The number of aliphatic hydroxyl groups is 2. The van der Waals surface area contributed by atoms with Crippen LogP contribution >= 0.6 is 0 Å². The van der Waals surface area contributed by atoms with E-state index in [1.54, 1.807) is 13.8 Å². The molecule has 0 aromatic heterocycles. The van der Waals surface area contributed by atoms with Crippen LogP contribution in [-0.4, -0.2) is 21.4 Å². The summed E-state index contributed by atoms with van der Waals surface area (Å²) in [4.78, 5) is 0. The van der Waals surface area contributed by atoms with Gasteiger partial charge in [0.15, 0.2) is 0 Å². The van der Waals surface area contributed by atoms with Gasteiger partial charge in [0.1, 0.15) is 0 Å². The summed E-state index contributed by atoms with van der Waals surface area (Å²) in [5, 5.41) is 20.4. The van der Waals surface area contributed by atoms with Crippen LogP contribution < -0.4 is 0 Å². The van der Waals surface area contributed by atoms with Gasteiger partial charge in [0.05, 0.1) is 11.2 Å². The lowest BCUT2D eigenvalue weighted by molar-refractivity contribution is -0.106. The third-order valence-corrected chi connectivity index (χ3v) is 3.58. The average Bonchev–Trinajstić information content (AvgIpc) is 2.28. The summed E-state index contributed by atoms with van der Waals surface area (Å²) in [6.45, 7) is 5.50. The highest BCUT2D eigenvalue weighted by atomic mass is 16.3. The molecule has 14 heavy (non-hydrogen) atoms. The Hall–Kier alpha value is -0.520. The summed E-state index contributed by atoms with van der Waals surface area (Å²) in [7, 11) is 0. The molecule has 0 aromatic rings. The first-order valence-electron chi connectivity index (χ1n) is 5.20. The van der Waals surface area contributed by atoms with Crippen molar-refractivity contribution in [2.24, 2.45) is 11.8 Å². The molecule has 0 aromatic carbocycles. The second-order valence-corrected chi connectivity index (χ2v) is 5.06. The molecule has 0 saturated heterocycles. The lowest BCUT2D eigenvalue weighted by Crippen LogP contribution is -2.48. The van der Waals surface area contributed by atoms with E-state index in [0.717, 1.165) is 12.8 Å². The SMILES string of the molecule is C#CC[C@@]1(O)[C@@H](C)CC[C@H]1C(C)(C)O. The quantitative estimate of drug-likeness (QED) is 0.658. The molecule has 1 fully saturated rings. The molecule has 0 bridgehead atoms. The van der Waals surface area contributed by atoms with E-state index in [-0.39, 0.29) is 11.8 Å². The number of rotatable bonds is 2. The van der Waals surface area contributed by atoms with Gasteiger partial charge < -0.3 is 10.2 Å². The molecule has 2 heteroatoms. The van der Waals surface area contributed by atoms with E-state index in [0.29, 0.717) is 6.42 Å². The minimum Gasteiger partial charge on any atom is -0.390 e. The lowest BCUT2D eigenvalue weighted by Gasteiger charge is -2.39. The number of hydrogen-bond donors (Lipinski definition) is 2. The van der Waals surface area contributed by atoms with Gasteiger partial charge in [0.25, 0.3) is 0 Å². The van der Waals surface area contributed by atoms with Crippen molar-refractivity contribution in [3.05, 3.63) is 0 Å². The molecular formula is C12H20O2. The molecule has 1 rings (SSSR count). The topological polar surface area (TPSA) is 40.5 Å². The molecule has 0 heterocycles. The van der Waals surface area contributed by atoms with Gasteiger partial charge in [0, 0.05) is 12.3 Å². The Bertz CT molecular complexity index is 246. The maximum absolute atomic E-state index is 10.5. The highest BCUT2D eigenvalue weighted by Gasteiger charge is 2.51. The van der Waals surface area contributed by atoms with Crippen molar-refractivity contribution < 1.29 is 10.2 Å². The van der Waals surface area contributed by atoms with Gasteiger partial charge in [-0.2, -0.15) is 0 Å². The Kier molecular flexibility index (Phi) is 2.94. The maximum Gasteiger partial charge on any atom is 0.0836 e. The first kappa shape index (κ1) is 11.6. The van der Waals surface area contributed by atoms with Gasteiger partial charge >= 0.3 is 0 Å². The van der Waals surface area contributed by atoms with E-state index in [1.807, 2.05) is 6.92 Å². The third kappa shape index (κ3) is 1.80. The van der Waals surface area contributed by atoms with E-state index in [1.165, 1.54) is 0 Å². The fourth-order valence-electron chi connectivity index (χ4n) is 2.69. The van der Waals surface area contributed by atoms with Crippen LogP contribution in [0.3, 0.4) is 0 Å². The van der Waals surface area contributed by atoms with Gasteiger partial charge in [0.2, 0.25) is 0 Å². The zero-order valence-corrected chi connectivity index (χ0v) is 9.25. The Morgan fingerprint density at radius 1 is 1.50 bits per heavy atom. The molecule has 0 amide bonds. The van der Waals surface area contributed by atoms with Crippen molar-refractivity contribution in [1.82, 2.24) is 0 Å². The van der Waals surface area contributed by atoms with E-state index in [9.17, 15) is 10.2 Å². The zero-order valence-electron chi connectivity index (χ0n) is 9.25. The Labute approximate surface area is 86.3 Å². The lowest BCUT2D eigenvalue weighted by atomic mass is 9.75. The zero-order chi connectivity index (χ0) is 11.0. The van der Waals surface area contributed by atoms with Gasteiger partial charge in [-0.15, -0.1) is 12.3 Å². The fraction of sp³-hybridized carbons (Fsp3) is 0.833. The first-order valence-corrected chi connectivity index (χ1v) is 5.20. The van der Waals surface area contributed by atoms with Gasteiger partial charge in [-0.05, 0) is 32.6 Å². The van der Waals surface area contributed by atoms with E-state index < -0.39 is 11.2 Å². The molecule has 1 saturated carbocycles. The highest BCUT2D eigenvalue weighted by Crippen LogP contribution is 2.47. The van der Waals surface area contributed by atoms with E-state index in [2.05, 4.69) is 5.92 Å². The molecule has 0 aliphatic heterocycles. The Balaban J connectivity index is 2.93. The van der Waals surface area contributed by atoms with Crippen LogP contribution in [0.5, 0.6) is 0 Å². The molecule has 0 spiro atoms. The molecule has 1 aliphatic carbocycles. The van der Waals surface area contributed by atoms with Crippen LogP contribution in [0.15, 0.2) is 0 Å². The summed E-state index contributed by atoms with van der Waals surface area (Å²) >= 11 is 0. The number of terminal acetylenes is 1. The van der Waals surface area contributed by atoms with Crippen molar-refractivity contribution in [1.29, 1.82) is 0 Å². The van der Waals surface area contributed by atoms with E-state index >= 15 is 0 Å². The standard InChI is InChI=1S/C12H20O2/c1-5-8-12(14)9(2)6-7-10(12)11(3,4)13/h1,9-10,13-14H,6-8H2,2-4H3/t9-,10-,12+/m0/s1. The van der Waals surface area contributed by atoms with Crippen molar-refractivity contribution in [3.8, 4) is 12.3 Å². The molecular weight excluding hydrogens is 176 g/mol. The monoisotopic (exact) mass is 196 g/mol. The minimum atomic E-state index is -0.882. The second-order valence-electron chi connectivity index (χ2n) is 5.06. The van der Waals surface area contributed by atoms with Crippen LogP contribution in [0.4, 0.5) is 0 Å². The average molecular weight is 196 g/mol. The summed E-state index contributed by atoms with van der Waals surface area (Å²) < 4.78 is 0. The van der Waals surface area contributed by atoms with E-state index in [4.69, 9.17) is 6.42 Å². The summed E-state index contributed by atoms with van der Waals surface area (Å²) in [5.41, 5.74) is -1.73. The summed E-state index contributed by atoms with van der Waals surface area (Å²) in [6, 6.07) is 0. The Morgan fingerprint density at radius 2 is 2.07 bits per heavy atom. The van der Waals surface area contributed by atoms with Crippen LogP contribution in [0.25, 0.3) is 0 Å². The largest absolute Gasteiger partial charge is 0.390 e. The maximum atomic E-state index is 10.5. The molecule has 0 radical (unpaired) electrons. The molecule has 2 nitrogen and oxygen atoms in total. The normalized spacial score (nSPS) is 38.3. The Morgan fingerprint density at radius 3 is 2.50 bits per heavy atom. The van der Waals surface area contributed by atoms with Crippen molar-refractivity contribution in [2.45, 2.75) is 51.2 Å².